The minimum atomic E-state index is -0.379. The summed E-state index contributed by atoms with van der Waals surface area (Å²) in [6.07, 6.45) is 4.39. The number of fused-ring (bicyclic) bond motifs is 2. The van der Waals surface area contributed by atoms with Gasteiger partial charge in [0.15, 0.2) is 6.61 Å². The second kappa shape index (κ2) is 10.0. The normalized spacial score (nSPS) is 25.7. The molecule has 7 nitrogen and oxygen atoms in total. The summed E-state index contributed by atoms with van der Waals surface area (Å²) in [5, 5.41) is 6.08. The summed E-state index contributed by atoms with van der Waals surface area (Å²) in [5.74, 6) is -0.0850. The van der Waals surface area contributed by atoms with E-state index < -0.39 is 0 Å². The second-order valence-electron chi connectivity index (χ2n) is 9.65. The molecule has 3 unspecified atom stereocenters. The molecule has 2 aliphatic carbocycles. The molecule has 0 N–H and O–H groups in total. The SMILES string of the molecule is COc1ccc(C2CC(c3ccccc3)=NN2C(=O)COC(=O)C2CC3CCCC(C2)C3=O)cc1. The van der Waals surface area contributed by atoms with Crippen LogP contribution in [0.15, 0.2) is 59.7 Å². The molecular weight excluding hydrogens is 444 g/mol. The lowest BCUT2D eigenvalue weighted by atomic mass is 9.67. The van der Waals surface area contributed by atoms with Gasteiger partial charge in [-0.3, -0.25) is 14.4 Å². The largest absolute Gasteiger partial charge is 0.497 e. The lowest BCUT2D eigenvalue weighted by molar-refractivity contribution is -0.159. The highest BCUT2D eigenvalue weighted by molar-refractivity contribution is 6.03. The first-order valence-electron chi connectivity index (χ1n) is 12.3. The smallest absolute Gasteiger partial charge is 0.309 e. The number of Topliss-reactive ketones (excluding diaryl/α,β-unsaturated/α-hetero) is 1. The fourth-order valence-electron chi connectivity index (χ4n) is 5.62. The van der Waals surface area contributed by atoms with E-state index in [1.54, 1.807) is 7.11 Å². The molecule has 1 amide bonds. The number of carbonyl (C=O) groups is 3. The van der Waals surface area contributed by atoms with Gasteiger partial charge in [-0.15, -0.1) is 0 Å². The number of nitrogens with zero attached hydrogens (tertiary/aromatic N) is 2. The molecule has 5 rings (SSSR count). The number of rotatable bonds is 6. The Morgan fingerprint density at radius 3 is 2.34 bits per heavy atom. The molecule has 2 aromatic rings. The molecule has 1 heterocycles. The summed E-state index contributed by atoms with van der Waals surface area (Å²) in [4.78, 5) is 38.4. The summed E-state index contributed by atoms with van der Waals surface area (Å²) >= 11 is 0. The van der Waals surface area contributed by atoms with Crippen LogP contribution in [0.2, 0.25) is 0 Å². The van der Waals surface area contributed by atoms with Gasteiger partial charge in [0.05, 0.1) is 24.8 Å². The maximum absolute atomic E-state index is 13.2. The number of methoxy groups -OCH3 is 1. The van der Waals surface area contributed by atoms with Crippen molar-refractivity contribution in [2.24, 2.45) is 22.9 Å². The van der Waals surface area contributed by atoms with Crippen LogP contribution in [0.5, 0.6) is 5.75 Å². The van der Waals surface area contributed by atoms with Gasteiger partial charge in [-0.2, -0.15) is 5.10 Å². The lowest BCUT2D eigenvalue weighted by Gasteiger charge is -2.36. The topological polar surface area (TPSA) is 85.3 Å². The summed E-state index contributed by atoms with van der Waals surface area (Å²) in [5.41, 5.74) is 2.69. The van der Waals surface area contributed by atoms with Gasteiger partial charge in [0.1, 0.15) is 11.5 Å². The molecule has 0 spiro atoms. The van der Waals surface area contributed by atoms with Gasteiger partial charge >= 0.3 is 5.97 Å². The molecule has 1 aliphatic heterocycles. The standard InChI is InChI=1S/C28H30N2O5/c1-34-23-12-10-19(11-13-23)25-16-24(18-6-3-2-4-7-18)29-30(25)26(31)17-35-28(33)22-14-20-8-5-9-21(15-22)27(20)32/h2-4,6-7,10-13,20-22,25H,5,8-9,14-17H2,1H3. The zero-order valence-electron chi connectivity index (χ0n) is 19.9. The van der Waals surface area contributed by atoms with E-state index in [9.17, 15) is 14.4 Å². The molecule has 7 heteroatoms. The van der Waals surface area contributed by atoms with E-state index in [1.807, 2.05) is 54.6 Å². The molecule has 35 heavy (non-hydrogen) atoms. The highest BCUT2D eigenvalue weighted by atomic mass is 16.5. The van der Waals surface area contributed by atoms with Gasteiger partial charge in [-0.1, -0.05) is 48.9 Å². The van der Waals surface area contributed by atoms with Crippen molar-refractivity contribution in [3.8, 4) is 5.75 Å². The fraction of sp³-hybridized carbons (Fsp3) is 0.429. The molecule has 3 atom stereocenters. The Bertz CT molecular complexity index is 1110. The number of esters is 1. The van der Waals surface area contributed by atoms with E-state index in [-0.39, 0.29) is 42.3 Å². The maximum atomic E-state index is 13.2. The minimum Gasteiger partial charge on any atom is -0.497 e. The van der Waals surface area contributed by atoms with Crippen molar-refractivity contribution in [1.82, 2.24) is 5.01 Å². The van der Waals surface area contributed by atoms with Crippen molar-refractivity contribution in [1.29, 1.82) is 0 Å². The van der Waals surface area contributed by atoms with Gasteiger partial charge in [-0.25, -0.2) is 5.01 Å². The number of hydrogen-bond acceptors (Lipinski definition) is 6. The number of hydrogen-bond donors (Lipinski definition) is 0. The van der Waals surface area contributed by atoms with Crippen molar-refractivity contribution in [3.63, 3.8) is 0 Å². The van der Waals surface area contributed by atoms with E-state index in [2.05, 4.69) is 5.10 Å². The van der Waals surface area contributed by atoms with Crippen LogP contribution in [0.25, 0.3) is 0 Å². The summed E-state index contributed by atoms with van der Waals surface area (Å²) in [6.45, 7) is -0.364. The van der Waals surface area contributed by atoms with Crippen LogP contribution in [0, 0.1) is 17.8 Å². The molecule has 2 aromatic carbocycles. The first-order valence-corrected chi connectivity index (χ1v) is 12.3. The number of benzene rings is 2. The Labute approximate surface area is 205 Å². The van der Waals surface area contributed by atoms with Crippen LogP contribution in [0.4, 0.5) is 0 Å². The van der Waals surface area contributed by atoms with Crippen LogP contribution in [0.3, 0.4) is 0 Å². The fourth-order valence-corrected chi connectivity index (χ4v) is 5.62. The highest BCUT2D eigenvalue weighted by Crippen LogP contribution is 2.40. The lowest BCUT2D eigenvalue weighted by Crippen LogP contribution is -2.40. The molecule has 0 aromatic heterocycles. The molecular formula is C28H30N2O5. The van der Waals surface area contributed by atoms with Gasteiger partial charge < -0.3 is 9.47 Å². The van der Waals surface area contributed by atoms with E-state index in [0.29, 0.717) is 25.0 Å². The van der Waals surface area contributed by atoms with Crippen molar-refractivity contribution in [2.75, 3.05) is 13.7 Å². The Kier molecular flexibility index (Phi) is 6.66. The van der Waals surface area contributed by atoms with Crippen LogP contribution >= 0.6 is 0 Å². The van der Waals surface area contributed by atoms with Crippen molar-refractivity contribution < 1.29 is 23.9 Å². The molecule has 0 saturated heterocycles. The van der Waals surface area contributed by atoms with Crippen molar-refractivity contribution >= 4 is 23.4 Å². The minimum absolute atomic E-state index is 0.0354. The molecule has 2 fully saturated rings. The molecule has 0 radical (unpaired) electrons. The Hall–Kier alpha value is -3.48. The number of hydrazone groups is 1. The summed E-state index contributed by atoms with van der Waals surface area (Å²) < 4.78 is 10.8. The number of carbonyl (C=O) groups excluding carboxylic acids is 3. The third kappa shape index (κ3) is 4.85. The van der Waals surface area contributed by atoms with Crippen LogP contribution in [-0.2, 0) is 19.1 Å². The molecule has 182 valence electrons. The third-order valence-electron chi connectivity index (χ3n) is 7.49. The predicted octanol–water partition coefficient (Wildman–Crippen LogP) is 4.31. The van der Waals surface area contributed by atoms with E-state index >= 15 is 0 Å². The first kappa shape index (κ1) is 23.3. The molecule has 2 saturated carbocycles. The van der Waals surface area contributed by atoms with Crippen LogP contribution < -0.4 is 4.74 Å². The number of ketones is 1. The quantitative estimate of drug-likeness (QED) is 0.583. The first-order chi connectivity index (χ1) is 17.0. The van der Waals surface area contributed by atoms with Crippen molar-refractivity contribution in [2.45, 2.75) is 44.6 Å². The van der Waals surface area contributed by atoms with Gasteiger partial charge in [0.25, 0.3) is 5.91 Å². The Morgan fingerprint density at radius 2 is 1.69 bits per heavy atom. The average molecular weight is 475 g/mol. The second-order valence-corrected chi connectivity index (χ2v) is 9.65. The zero-order valence-corrected chi connectivity index (χ0v) is 19.9. The number of amides is 1. The highest BCUT2D eigenvalue weighted by Gasteiger charge is 2.42. The van der Waals surface area contributed by atoms with Crippen LogP contribution in [-0.4, -0.2) is 42.1 Å². The zero-order chi connectivity index (χ0) is 24.4. The summed E-state index contributed by atoms with van der Waals surface area (Å²) in [6, 6.07) is 17.0. The van der Waals surface area contributed by atoms with E-state index in [1.165, 1.54) is 5.01 Å². The predicted molar refractivity (Wildman–Crippen MR) is 130 cm³/mol. The Balaban J connectivity index is 1.29. The van der Waals surface area contributed by atoms with E-state index in [0.717, 1.165) is 41.9 Å². The van der Waals surface area contributed by atoms with E-state index in [4.69, 9.17) is 9.47 Å². The van der Waals surface area contributed by atoms with Gasteiger partial charge in [-0.05, 0) is 48.9 Å². The summed E-state index contributed by atoms with van der Waals surface area (Å²) in [7, 11) is 1.61. The maximum Gasteiger partial charge on any atom is 0.309 e. The Morgan fingerprint density at radius 1 is 1.00 bits per heavy atom. The average Bonchev–Trinajstić information content (AvgIpc) is 3.33. The third-order valence-corrected chi connectivity index (χ3v) is 7.49. The monoisotopic (exact) mass is 474 g/mol. The van der Waals surface area contributed by atoms with Crippen LogP contribution in [0.1, 0.15) is 55.7 Å². The van der Waals surface area contributed by atoms with Gasteiger partial charge in [0.2, 0.25) is 0 Å². The molecule has 3 aliphatic rings. The molecule has 2 bridgehead atoms. The van der Waals surface area contributed by atoms with Crippen molar-refractivity contribution in [3.05, 3.63) is 65.7 Å². The van der Waals surface area contributed by atoms with Gasteiger partial charge in [0, 0.05) is 18.3 Å². The number of ether oxygens (including phenoxy) is 2.